The molecule has 7 heteroatoms. The molecule has 1 heterocycles. The molecule has 1 amide bonds. The SMILES string of the molecule is CCC(C)CN(CC)C(=O)Cc1ccc(S(N)(=O)=O)s1. The van der Waals surface area contributed by atoms with Gasteiger partial charge < -0.3 is 4.90 Å². The molecule has 0 fully saturated rings. The smallest absolute Gasteiger partial charge is 0.247 e. The first kappa shape index (κ1) is 17.1. The van der Waals surface area contributed by atoms with E-state index < -0.39 is 10.0 Å². The molecule has 2 N–H and O–H groups in total. The van der Waals surface area contributed by atoms with Crippen LogP contribution in [0.5, 0.6) is 0 Å². The van der Waals surface area contributed by atoms with E-state index in [2.05, 4.69) is 13.8 Å². The van der Waals surface area contributed by atoms with Crippen molar-refractivity contribution in [3.05, 3.63) is 17.0 Å². The number of primary sulfonamides is 1. The Labute approximate surface area is 124 Å². The van der Waals surface area contributed by atoms with Gasteiger partial charge in [-0.25, -0.2) is 13.6 Å². The first-order valence-electron chi connectivity index (χ1n) is 6.67. The van der Waals surface area contributed by atoms with Crippen LogP contribution in [0.25, 0.3) is 0 Å². The van der Waals surface area contributed by atoms with Crippen molar-refractivity contribution >= 4 is 27.3 Å². The van der Waals surface area contributed by atoms with E-state index >= 15 is 0 Å². The number of thiophene rings is 1. The molecule has 0 radical (unpaired) electrons. The lowest BCUT2D eigenvalue weighted by atomic mass is 10.1. The second-order valence-electron chi connectivity index (χ2n) is 4.89. The number of carbonyl (C=O) groups excluding carboxylic acids is 1. The molecule has 114 valence electrons. The predicted molar refractivity (Wildman–Crippen MR) is 81.1 cm³/mol. The lowest BCUT2D eigenvalue weighted by molar-refractivity contribution is -0.130. The molecule has 0 spiro atoms. The molecule has 5 nitrogen and oxygen atoms in total. The van der Waals surface area contributed by atoms with Gasteiger partial charge in [0.15, 0.2) is 0 Å². The third-order valence-electron chi connectivity index (χ3n) is 3.21. The van der Waals surface area contributed by atoms with Crippen molar-refractivity contribution in [3.8, 4) is 0 Å². The lowest BCUT2D eigenvalue weighted by Crippen LogP contribution is -2.35. The Morgan fingerprint density at radius 3 is 2.50 bits per heavy atom. The number of nitrogens with two attached hydrogens (primary N) is 1. The van der Waals surface area contributed by atoms with E-state index in [1.165, 1.54) is 6.07 Å². The van der Waals surface area contributed by atoms with Crippen molar-refractivity contribution in [1.29, 1.82) is 0 Å². The predicted octanol–water partition coefficient (Wildman–Crippen LogP) is 1.83. The van der Waals surface area contributed by atoms with E-state index in [0.717, 1.165) is 29.2 Å². The number of likely N-dealkylation sites (N-methyl/N-ethyl adjacent to an activating group) is 1. The fourth-order valence-electron chi connectivity index (χ4n) is 1.78. The number of nitrogens with zero attached hydrogens (tertiary/aromatic N) is 1. The van der Waals surface area contributed by atoms with Crippen LogP contribution in [-0.2, 0) is 21.2 Å². The third-order valence-corrected chi connectivity index (χ3v) is 5.73. The van der Waals surface area contributed by atoms with Crippen molar-refractivity contribution in [3.63, 3.8) is 0 Å². The molecule has 0 aliphatic rings. The van der Waals surface area contributed by atoms with Crippen molar-refractivity contribution < 1.29 is 13.2 Å². The largest absolute Gasteiger partial charge is 0.342 e. The topological polar surface area (TPSA) is 80.5 Å². The summed E-state index contributed by atoms with van der Waals surface area (Å²) < 4.78 is 22.5. The normalized spacial score (nSPS) is 13.2. The number of hydrogen-bond donors (Lipinski definition) is 1. The van der Waals surface area contributed by atoms with Crippen molar-refractivity contribution in [2.24, 2.45) is 11.1 Å². The highest BCUT2D eigenvalue weighted by Crippen LogP contribution is 2.21. The number of rotatable bonds is 7. The van der Waals surface area contributed by atoms with E-state index in [1.54, 1.807) is 6.07 Å². The van der Waals surface area contributed by atoms with E-state index in [9.17, 15) is 13.2 Å². The molecule has 1 aromatic rings. The Hall–Kier alpha value is -0.920. The average molecular weight is 318 g/mol. The summed E-state index contributed by atoms with van der Waals surface area (Å²) in [6.07, 6.45) is 1.25. The van der Waals surface area contributed by atoms with Gasteiger partial charge in [-0.1, -0.05) is 20.3 Å². The minimum Gasteiger partial charge on any atom is -0.342 e. The van der Waals surface area contributed by atoms with Gasteiger partial charge in [0.25, 0.3) is 0 Å². The molecule has 20 heavy (non-hydrogen) atoms. The van der Waals surface area contributed by atoms with Gasteiger partial charge in [-0.2, -0.15) is 0 Å². The zero-order valence-electron chi connectivity index (χ0n) is 12.1. The summed E-state index contributed by atoms with van der Waals surface area (Å²) in [5.41, 5.74) is 0. The van der Waals surface area contributed by atoms with Gasteiger partial charge in [0, 0.05) is 18.0 Å². The van der Waals surface area contributed by atoms with Gasteiger partial charge in [0.2, 0.25) is 15.9 Å². The zero-order chi connectivity index (χ0) is 15.3. The lowest BCUT2D eigenvalue weighted by Gasteiger charge is -2.23. The maximum absolute atomic E-state index is 12.2. The highest BCUT2D eigenvalue weighted by Gasteiger charge is 2.17. The maximum atomic E-state index is 12.2. The van der Waals surface area contributed by atoms with Crippen LogP contribution in [0, 0.1) is 5.92 Å². The number of sulfonamides is 1. The molecule has 1 atom stereocenters. The minimum atomic E-state index is -3.67. The molecule has 1 rings (SSSR count). The maximum Gasteiger partial charge on any atom is 0.247 e. The Balaban J connectivity index is 2.71. The summed E-state index contributed by atoms with van der Waals surface area (Å²) in [5.74, 6) is 0.484. The molecule has 0 aliphatic carbocycles. The number of amides is 1. The number of carbonyl (C=O) groups is 1. The fourth-order valence-corrected chi connectivity index (χ4v) is 3.55. The second kappa shape index (κ2) is 7.19. The summed E-state index contributed by atoms with van der Waals surface area (Å²) in [4.78, 5) is 14.7. The van der Waals surface area contributed by atoms with E-state index in [0.29, 0.717) is 12.5 Å². The van der Waals surface area contributed by atoms with Crippen LogP contribution >= 0.6 is 11.3 Å². The molecular weight excluding hydrogens is 296 g/mol. The first-order chi connectivity index (χ1) is 9.27. The van der Waals surface area contributed by atoms with Gasteiger partial charge in [-0.3, -0.25) is 4.79 Å². The molecule has 0 aromatic carbocycles. The first-order valence-corrected chi connectivity index (χ1v) is 9.03. The van der Waals surface area contributed by atoms with E-state index in [-0.39, 0.29) is 16.5 Å². The molecule has 0 aliphatic heterocycles. The Morgan fingerprint density at radius 1 is 1.40 bits per heavy atom. The molecular formula is C13H22N2O3S2. The van der Waals surface area contributed by atoms with Gasteiger partial charge >= 0.3 is 0 Å². The van der Waals surface area contributed by atoms with Gasteiger partial charge in [0.1, 0.15) is 4.21 Å². The summed E-state index contributed by atoms with van der Waals surface area (Å²) >= 11 is 1.06. The van der Waals surface area contributed by atoms with Gasteiger partial charge in [-0.05, 0) is 25.0 Å². The molecule has 1 unspecified atom stereocenters. The van der Waals surface area contributed by atoms with Crippen LogP contribution in [0.3, 0.4) is 0 Å². The Kier molecular flexibility index (Phi) is 6.16. The van der Waals surface area contributed by atoms with E-state index in [4.69, 9.17) is 5.14 Å². The summed E-state index contributed by atoms with van der Waals surface area (Å²) in [7, 11) is -3.67. The second-order valence-corrected chi connectivity index (χ2v) is 7.84. The van der Waals surface area contributed by atoms with Crippen LogP contribution in [0.1, 0.15) is 32.1 Å². The van der Waals surface area contributed by atoms with Crippen molar-refractivity contribution in [2.45, 2.75) is 37.8 Å². The Morgan fingerprint density at radius 2 is 2.05 bits per heavy atom. The standard InChI is InChI=1S/C13H22N2O3S2/c1-4-10(3)9-15(5-2)12(16)8-11-6-7-13(19-11)20(14,17)18/h6-7,10H,4-5,8-9H2,1-3H3,(H2,14,17,18). The molecule has 0 bridgehead atoms. The van der Waals surface area contributed by atoms with Crippen LogP contribution < -0.4 is 5.14 Å². The summed E-state index contributed by atoms with van der Waals surface area (Å²) in [6, 6.07) is 3.10. The third kappa shape index (κ3) is 4.88. The zero-order valence-corrected chi connectivity index (χ0v) is 13.8. The summed E-state index contributed by atoms with van der Waals surface area (Å²) in [5, 5.41) is 5.06. The van der Waals surface area contributed by atoms with Gasteiger partial charge in [0.05, 0.1) is 6.42 Å². The highest BCUT2D eigenvalue weighted by atomic mass is 32.2. The van der Waals surface area contributed by atoms with Gasteiger partial charge in [-0.15, -0.1) is 11.3 Å². The summed E-state index contributed by atoms with van der Waals surface area (Å²) in [6.45, 7) is 7.56. The van der Waals surface area contributed by atoms with Crippen LogP contribution in [-0.4, -0.2) is 32.3 Å². The van der Waals surface area contributed by atoms with Crippen LogP contribution in [0.4, 0.5) is 0 Å². The quantitative estimate of drug-likeness (QED) is 0.833. The van der Waals surface area contributed by atoms with Crippen molar-refractivity contribution in [2.75, 3.05) is 13.1 Å². The van der Waals surface area contributed by atoms with Crippen molar-refractivity contribution in [1.82, 2.24) is 4.90 Å². The molecule has 0 saturated heterocycles. The molecule has 1 aromatic heterocycles. The monoisotopic (exact) mass is 318 g/mol. The van der Waals surface area contributed by atoms with Crippen LogP contribution in [0.15, 0.2) is 16.3 Å². The fraction of sp³-hybridized carbons (Fsp3) is 0.615. The van der Waals surface area contributed by atoms with E-state index in [1.807, 2.05) is 11.8 Å². The number of hydrogen-bond acceptors (Lipinski definition) is 4. The average Bonchev–Trinajstić information content (AvgIpc) is 2.83. The van der Waals surface area contributed by atoms with Crippen LogP contribution in [0.2, 0.25) is 0 Å². The minimum absolute atomic E-state index is 0.0237. The highest BCUT2D eigenvalue weighted by molar-refractivity contribution is 7.91. The molecule has 0 saturated carbocycles. The Bertz CT molecular complexity index is 552.